The second-order valence-electron chi connectivity index (χ2n) is 5.34. The molecule has 1 aliphatic rings. The zero-order valence-electron chi connectivity index (χ0n) is 9.47. The highest BCUT2D eigenvalue weighted by Crippen LogP contribution is 2.39. The quantitative estimate of drug-likeness (QED) is 0.712. The third kappa shape index (κ3) is 2.08. The summed E-state index contributed by atoms with van der Waals surface area (Å²) in [6.45, 7) is 6.10. The molecule has 0 radical (unpaired) electrons. The van der Waals surface area contributed by atoms with Crippen LogP contribution < -0.4 is 0 Å². The fraction of sp³-hybridized carbons (Fsp3) is 0.727. The molecule has 1 aromatic heterocycles. The second-order valence-corrected chi connectivity index (χ2v) is 5.34. The van der Waals surface area contributed by atoms with E-state index in [0.29, 0.717) is 5.92 Å². The topological polar surface area (TPSA) is 47.8 Å². The van der Waals surface area contributed by atoms with Gasteiger partial charge in [0.2, 0.25) is 0 Å². The first kappa shape index (κ1) is 10.3. The largest absolute Gasteiger partial charge is 0.301 e. The van der Waals surface area contributed by atoms with E-state index in [0.717, 1.165) is 12.0 Å². The molecule has 0 aromatic carbocycles. The monoisotopic (exact) mass is 207 g/mol. The number of rotatable bonds is 3. The average molecular weight is 207 g/mol. The van der Waals surface area contributed by atoms with Gasteiger partial charge in [-0.05, 0) is 18.3 Å². The van der Waals surface area contributed by atoms with E-state index < -0.39 is 0 Å². The second kappa shape index (κ2) is 3.43. The molecule has 2 rings (SSSR count). The van der Waals surface area contributed by atoms with Crippen molar-refractivity contribution in [3.8, 4) is 0 Å². The lowest BCUT2D eigenvalue weighted by Gasteiger charge is -2.25. The van der Waals surface area contributed by atoms with E-state index in [1.807, 2.05) is 27.0 Å². The Bertz CT molecular complexity index is 360. The molecule has 0 saturated heterocycles. The van der Waals surface area contributed by atoms with Crippen molar-refractivity contribution < 1.29 is 4.79 Å². The Morgan fingerprint density at radius 3 is 2.67 bits per heavy atom. The standard InChI is InChI=1S/C11H17N3O/c1-11(2,3)10(7-15)14-6-9(12-13-14)8-4-5-8/h6-8,10H,4-5H2,1-3H3. The first-order valence-corrected chi connectivity index (χ1v) is 5.39. The van der Waals surface area contributed by atoms with Crippen LogP contribution >= 0.6 is 0 Å². The number of carbonyl (C=O) groups excluding carboxylic acids is 1. The molecule has 1 saturated carbocycles. The molecule has 0 aliphatic heterocycles. The van der Waals surface area contributed by atoms with Gasteiger partial charge >= 0.3 is 0 Å². The lowest BCUT2D eigenvalue weighted by atomic mass is 9.88. The number of aromatic nitrogens is 3. The van der Waals surface area contributed by atoms with Crippen molar-refractivity contribution in [1.29, 1.82) is 0 Å². The van der Waals surface area contributed by atoms with Crippen LogP contribution in [0.2, 0.25) is 0 Å². The normalized spacial score (nSPS) is 18.9. The number of nitrogens with zero attached hydrogens (tertiary/aromatic N) is 3. The molecule has 0 amide bonds. The molecule has 4 heteroatoms. The van der Waals surface area contributed by atoms with Crippen LogP contribution in [0.5, 0.6) is 0 Å². The van der Waals surface area contributed by atoms with Gasteiger partial charge < -0.3 is 4.79 Å². The summed E-state index contributed by atoms with van der Waals surface area (Å²) in [6, 6.07) is -0.225. The zero-order chi connectivity index (χ0) is 11.1. The Labute approximate surface area is 89.7 Å². The van der Waals surface area contributed by atoms with Crippen LogP contribution in [-0.4, -0.2) is 21.3 Å². The van der Waals surface area contributed by atoms with Crippen molar-refractivity contribution >= 4 is 6.29 Å². The fourth-order valence-corrected chi connectivity index (χ4v) is 1.66. The Morgan fingerprint density at radius 1 is 1.53 bits per heavy atom. The minimum atomic E-state index is -0.225. The molecule has 1 aromatic rings. The summed E-state index contributed by atoms with van der Waals surface area (Å²) in [5.74, 6) is 0.589. The van der Waals surface area contributed by atoms with Crippen LogP contribution in [0.25, 0.3) is 0 Å². The van der Waals surface area contributed by atoms with Gasteiger partial charge in [0.05, 0.1) is 5.69 Å². The van der Waals surface area contributed by atoms with Crippen LogP contribution in [0.3, 0.4) is 0 Å². The highest BCUT2D eigenvalue weighted by atomic mass is 16.1. The van der Waals surface area contributed by atoms with Crippen molar-refractivity contribution in [2.45, 2.75) is 45.6 Å². The van der Waals surface area contributed by atoms with Gasteiger partial charge in [0.25, 0.3) is 0 Å². The molecule has 4 nitrogen and oxygen atoms in total. The highest BCUT2D eigenvalue weighted by Gasteiger charge is 2.30. The van der Waals surface area contributed by atoms with Gasteiger partial charge in [-0.15, -0.1) is 5.10 Å². The molecule has 1 atom stereocenters. The molecule has 82 valence electrons. The Hall–Kier alpha value is -1.19. The predicted molar refractivity (Wildman–Crippen MR) is 56.6 cm³/mol. The van der Waals surface area contributed by atoms with E-state index in [9.17, 15) is 4.79 Å². The van der Waals surface area contributed by atoms with E-state index in [-0.39, 0.29) is 11.5 Å². The summed E-state index contributed by atoms with van der Waals surface area (Å²) in [6.07, 6.45) is 5.28. The van der Waals surface area contributed by atoms with Gasteiger partial charge in [0.15, 0.2) is 0 Å². The summed E-state index contributed by atoms with van der Waals surface area (Å²) in [5.41, 5.74) is 0.919. The van der Waals surface area contributed by atoms with E-state index in [2.05, 4.69) is 10.3 Å². The van der Waals surface area contributed by atoms with Crippen LogP contribution in [0.15, 0.2) is 6.20 Å². The molecule has 0 spiro atoms. The maximum atomic E-state index is 11.1. The first-order chi connectivity index (χ1) is 7.02. The minimum absolute atomic E-state index is 0.115. The molecule has 1 unspecified atom stereocenters. The van der Waals surface area contributed by atoms with Gasteiger partial charge in [-0.2, -0.15) is 0 Å². The maximum Gasteiger partial charge on any atom is 0.145 e. The van der Waals surface area contributed by atoms with Gasteiger partial charge in [0, 0.05) is 12.1 Å². The third-order valence-corrected chi connectivity index (χ3v) is 2.82. The summed E-state index contributed by atoms with van der Waals surface area (Å²) < 4.78 is 1.70. The average Bonchev–Trinajstić information content (AvgIpc) is 2.86. The number of aldehydes is 1. The van der Waals surface area contributed by atoms with Crippen molar-refractivity contribution in [3.05, 3.63) is 11.9 Å². The van der Waals surface area contributed by atoms with Gasteiger partial charge in [-0.1, -0.05) is 26.0 Å². The Balaban J connectivity index is 2.22. The number of hydrogen-bond donors (Lipinski definition) is 0. The van der Waals surface area contributed by atoms with Crippen LogP contribution in [-0.2, 0) is 4.79 Å². The van der Waals surface area contributed by atoms with Crippen LogP contribution in [0, 0.1) is 5.41 Å². The summed E-state index contributed by atoms with van der Waals surface area (Å²) in [7, 11) is 0. The zero-order valence-corrected chi connectivity index (χ0v) is 9.47. The van der Waals surface area contributed by atoms with Crippen molar-refractivity contribution in [3.63, 3.8) is 0 Å². The molecule has 0 bridgehead atoms. The summed E-state index contributed by atoms with van der Waals surface area (Å²) >= 11 is 0. The van der Waals surface area contributed by atoms with Crippen LogP contribution in [0.1, 0.15) is 51.3 Å². The molecule has 15 heavy (non-hydrogen) atoms. The van der Waals surface area contributed by atoms with Crippen LogP contribution in [0.4, 0.5) is 0 Å². The fourth-order valence-electron chi connectivity index (χ4n) is 1.66. The van der Waals surface area contributed by atoms with E-state index in [1.165, 1.54) is 12.8 Å². The van der Waals surface area contributed by atoms with E-state index >= 15 is 0 Å². The van der Waals surface area contributed by atoms with Crippen molar-refractivity contribution in [2.24, 2.45) is 5.41 Å². The third-order valence-electron chi connectivity index (χ3n) is 2.82. The predicted octanol–water partition coefficient (Wildman–Crippen LogP) is 1.94. The lowest BCUT2D eigenvalue weighted by Crippen LogP contribution is -2.26. The Morgan fingerprint density at radius 2 is 2.20 bits per heavy atom. The molecular formula is C11H17N3O. The molecule has 1 fully saturated rings. The van der Waals surface area contributed by atoms with E-state index in [4.69, 9.17) is 0 Å². The molecule has 1 aliphatic carbocycles. The molecular weight excluding hydrogens is 190 g/mol. The molecule has 1 heterocycles. The molecule has 0 N–H and O–H groups in total. The number of hydrogen-bond acceptors (Lipinski definition) is 3. The van der Waals surface area contributed by atoms with Crippen molar-refractivity contribution in [1.82, 2.24) is 15.0 Å². The number of carbonyl (C=O) groups is 1. The van der Waals surface area contributed by atoms with Gasteiger partial charge in [0.1, 0.15) is 12.3 Å². The smallest absolute Gasteiger partial charge is 0.145 e. The Kier molecular flexibility index (Phi) is 2.37. The van der Waals surface area contributed by atoms with Gasteiger partial charge in [-0.25, -0.2) is 4.68 Å². The highest BCUT2D eigenvalue weighted by molar-refractivity contribution is 5.56. The summed E-state index contributed by atoms with van der Waals surface area (Å²) in [4.78, 5) is 11.1. The van der Waals surface area contributed by atoms with E-state index in [1.54, 1.807) is 4.68 Å². The lowest BCUT2D eigenvalue weighted by molar-refractivity contribution is -0.113. The summed E-state index contributed by atoms with van der Waals surface area (Å²) in [5, 5.41) is 8.17. The first-order valence-electron chi connectivity index (χ1n) is 5.39. The minimum Gasteiger partial charge on any atom is -0.301 e. The van der Waals surface area contributed by atoms with Crippen molar-refractivity contribution in [2.75, 3.05) is 0 Å². The SMILES string of the molecule is CC(C)(C)C(C=O)n1cc(C2CC2)nn1. The maximum absolute atomic E-state index is 11.1. The van der Waals surface area contributed by atoms with Gasteiger partial charge in [-0.3, -0.25) is 0 Å².